The summed E-state index contributed by atoms with van der Waals surface area (Å²) in [6.07, 6.45) is 3.19. The summed E-state index contributed by atoms with van der Waals surface area (Å²) in [7, 11) is 0. The normalized spacial score (nSPS) is 14.4. The molecule has 1 aliphatic heterocycles. The second-order valence-electron chi connectivity index (χ2n) is 7.73. The van der Waals surface area contributed by atoms with E-state index in [-0.39, 0.29) is 24.3 Å². The Labute approximate surface area is 180 Å². The van der Waals surface area contributed by atoms with E-state index in [0.29, 0.717) is 36.8 Å². The van der Waals surface area contributed by atoms with Gasteiger partial charge in [0.05, 0.1) is 12.8 Å². The Morgan fingerprint density at radius 3 is 2.71 bits per heavy atom. The summed E-state index contributed by atoms with van der Waals surface area (Å²) in [6, 6.07) is 13.0. The van der Waals surface area contributed by atoms with Crippen molar-refractivity contribution in [2.45, 2.75) is 32.2 Å². The van der Waals surface area contributed by atoms with Crippen LogP contribution in [0.15, 0.2) is 53.1 Å². The van der Waals surface area contributed by atoms with Crippen molar-refractivity contribution in [1.82, 2.24) is 20.4 Å². The molecule has 2 amide bonds. The molecule has 0 spiro atoms. The fourth-order valence-electron chi connectivity index (χ4n) is 3.64. The third-order valence-corrected chi connectivity index (χ3v) is 5.50. The van der Waals surface area contributed by atoms with E-state index < -0.39 is 0 Å². The van der Waals surface area contributed by atoms with Gasteiger partial charge in [0.15, 0.2) is 6.61 Å². The van der Waals surface area contributed by atoms with Crippen LogP contribution in [0.25, 0.3) is 0 Å². The molecule has 2 aromatic heterocycles. The van der Waals surface area contributed by atoms with Crippen molar-refractivity contribution in [2.24, 2.45) is 0 Å². The zero-order valence-electron chi connectivity index (χ0n) is 17.5. The third-order valence-electron chi connectivity index (χ3n) is 5.50. The van der Waals surface area contributed by atoms with E-state index in [0.717, 1.165) is 24.1 Å². The van der Waals surface area contributed by atoms with Crippen LogP contribution in [-0.4, -0.2) is 46.6 Å². The molecule has 1 fully saturated rings. The number of ether oxygens (including phenoxy) is 1. The van der Waals surface area contributed by atoms with Crippen LogP contribution in [-0.2, 0) is 11.3 Å². The lowest BCUT2D eigenvalue weighted by Gasteiger charge is -2.31. The van der Waals surface area contributed by atoms with Gasteiger partial charge in [-0.15, -0.1) is 0 Å². The van der Waals surface area contributed by atoms with Gasteiger partial charge in [-0.3, -0.25) is 14.7 Å². The number of nitrogens with zero attached hydrogens (tertiary/aromatic N) is 2. The van der Waals surface area contributed by atoms with Crippen molar-refractivity contribution in [3.8, 4) is 5.75 Å². The number of aromatic amines is 1. The van der Waals surface area contributed by atoms with E-state index in [1.165, 1.54) is 0 Å². The predicted molar refractivity (Wildman–Crippen MR) is 114 cm³/mol. The molecular weight excluding hydrogens is 396 g/mol. The summed E-state index contributed by atoms with van der Waals surface area (Å²) in [5.41, 5.74) is 2.43. The Morgan fingerprint density at radius 2 is 2.00 bits per heavy atom. The second-order valence-corrected chi connectivity index (χ2v) is 7.73. The molecule has 1 saturated heterocycles. The lowest BCUT2D eigenvalue weighted by Crippen LogP contribution is -2.40. The van der Waals surface area contributed by atoms with Crippen LogP contribution in [0.4, 0.5) is 0 Å². The fourth-order valence-corrected chi connectivity index (χ4v) is 3.64. The van der Waals surface area contributed by atoms with Crippen molar-refractivity contribution >= 4 is 11.8 Å². The molecule has 8 heteroatoms. The van der Waals surface area contributed by atoms with E-state index in [1.807, 2.05) is 36.1 Å². The van der Waals surface area contributed by atoms with Crippen molar-refractivity contribution in [2.75, 3.05) is 19.7 Å². The number of carbonyl (C=O) groups excluding carboxylic acids is 2. The van der Waals surface area contributed by atoms with Gasteiger partial charge in [0.2, 0.25) is 0 Å². The van der Waals surface area contributed by atoms with Crippen molar-refractivity contribution in [1.29, 1.82) is 0 Å². The fraction of sp³-hybridized carbons (Fsp3) is 0.348. The van der Waals surface area contributed by atoms with Gasteiger partial charge >= 0.3 is 0 Å². The highest BCUT2D eigenvalue weighted by molar-refractivity contribution is 5.92. The second kappa shape index (κ2) is 9.51. The summed E-state index contributed by atoms with van der Waals surface area (Å²) < 4.78 is 10.8. The lowest BCUT2D eigenvalue weighted by atomic mass is 9.93. The predicted octanol–water partition coefficient (Wildman–Crippen LogP) is 3.03. The number of rotatable bonds is 7. The summed E-state index contributed by atoms with van der Waals surface area (Å²) in [4.78, 5) is 26.6. The number of aromatic nitrogens is 2. The standard InChI is InChI=1S/C23H26N4O4/c1-16-4-6-18(7-5-16)31-15-22(28)27-10-8-17(9-11-27)20-13-21(26-25-20)23(29)24-14-19-3-2-12-30-19/h2-7,12-13,17H,8-11,14-15H2,1H3,(H,24,29)(H,25,26). The molecule has 8 nitrogen and oxygen atoms in total. The number of carbonyl (C=O) groups is 2. The monoisotopic (exact) mass is 422 g/mol. The maximum absolute atomic E-state index is 12.5. The van der Waals surface area contributed by atoms with E-state index >= 15 is 0 Å². The Balaban J connectivity index is 1.23. The van der Waals surface area contributed by atoms with Crippen molar-refractivity contribution < 1.29 is 18.7 Å². The number of H-pyrrole nitrogens is 1. The van der Waals surface area contributed by atoms with Crippen LogP contribution in [0.2, 0.25) is 0 Å². The van der Waals surface area contributed by atoms with E-state index in [9.17, 15) is 9.59 Å². The van der Waals surface area contributed by atoms with E-state index in [1.54, 1.807) is 24.5 Å². The molecule has 3 heterocycles. The van der Waals surface area contributed by atoms with E-state index in [4.69, 9.17) is 9.15 Å². The quantitative estimate of drug-likeness (QED) is 0.610. The number of piperidine rings is 1. The zero-order valence-corrected chi connectivity index (χ0v) is 17.5. The minimum absolute atomic E-state index is 0.0124. The third kappa shape index (κ3) is 5.33. The molecule has 0 aliphatic carbocycles. The minimum Gasteiger partial charge on any atom is -0.484 e. The summed E-state index contributed by atoms with van der Waals surface area (Å²) in [6.45, 7) is 3.67. The molecule has 0 unspecified atom stereocenters. The van der Waals surface area contributed by atoms with Gasteiger partial charge in [0.1, 0.15) is 17.2 Å². The topological polar surface area (TPSA) is 100 Å². The van der Waals surface area contributed by atoms with Crippen LogP contribution in [0.1, 0.15) is 46.3 Å². The van der Waals surface area contributed by atoms with Gasteiger partial charge in [0.25, 0.3) is 11.8 Å². The number of hydrogen-bond donors (Lipinski definition) is 2. The first-order valence-corrected chi connectivity index (χ1v) is 10.4. The van der Waals surface area contributed by atoms with Crippen molar-refractivity contribution in [3.63, 3.8) is 0 Å². The number of nitrogens with one attached hydrogen (secondary N) is 2. The molecular formula is C23H26N4O4. The van der Waals surface area contributed by atoms with Gasteiger partial charge in [-0.2, -0.15) is 5.10 Å². The van der Waals surface area contributed by atoms with Crippen LogP contribution in [0.5, 0.6) is 5.75 Å². The van der Waals surface area contributed by atoms with Gasteiger partial charge in [-0.05, 0) is 50.1 Å². The molecule has 162 valence electrons. The highest BCUT2D eigenvalue weighted by Crippen LogP contribution is 2.27. The highest BCUT2D eigenvalue weighted by Gasteiger charge is 2.26. The Kier molecular flexibility index (Phi) is 6.35. The molecule has 2 N–H and O–H groups in total. The average molecular weight is 422 g/mol. The maximum atomic E-state index is 12.5. The number of likely N-dealkylation sites (tertiary alicyclic amines) is 1. The molecule has 0 atom stereocenters. The van der Waals surface area contributed by atoms with Crippen LogP contribution >= 0.6 is 0 Å². The Morgan fingerprint density at radius 1 is 1.23 bits per heavy atom. The van der Waals surface area contributed by atoms with E-state index in [2.05, 4.69) is 15.5 Å². The first-order valence-electron chi connectivity index (χ1n) is 10.4. The van der Waals surface area contributed by atoms with Crippen LogP contribution in [0.3, 0.4) is 0 Å². The number of furan rings is 1. The molecule has 31 heavy (non-hydrogen) atoms. The molecule has 4 rings (SSSR count). The Bertz CT molecular complexity index is 1000. The average Bonchev–Trinajstić information content (AvgIpc) is 3.49. The zero-order chi connectivity index (χ0) is 21.6. The summed E-state index contributed by atoms with van der Waals surface area (Å²) in [5, 5.41) is 9.92. The minimum atomic E-state index is -0.250. The number of amides is 2. The van der Waals surface area contributed by atoms with Crippen LogP contribution < -0.4 is 10.1 Å². The van der Waals surface area contributed by atoms with Crippen LogP contribution in [0, 0.1) is 6.92 Å². The smallest absolute Gasteiger partial charge is 0.272 e. The SMILES string of the molecule is Cc1ccc(OCC(=O)N2CCC(c3cc(C(=O)NCc4ccco4)n[nH]3)CC2)cc1. The van der Waals surface area contributed by atoms with Gasteiger partial charge < -0.3 is 19.4 Å². The Hall–Kier alpha value is -3.55. The number of benzene rings is 1. The largest absolute Gasteiger partial charge is 0.484 e. The first-order chi connectivity index (χ1) is 15.1. The number of aryl methyl sites for hydroxylation is 1. The van der Waals surface area contributed by atoms with Crippen molar-refractivity contribution in [3.05, 3.63) is 71.4 Å². The number of hydrogen-bond acceptors (Lipinski definition) is 5. The van der Waals surface area contributed by atoms with Gasteiger partial charge in [-0.1, -0.05) is 17.7 Å². The van der Waals surface area contributed by atoms with Gasteiger partial charge in [0, 0.05) is 24.7 Å². The molecule has 1 aromatic carbocycles. The van der Waals surface area contributed by atoms with Gasteiger partial charge in [-0.25, -0.2) is 0 Å². The summed E-state index contributed by atoms with van der Waals surface area (Å²) >= 11 is 0. The molecule has 1 aliphatic rings. The summed E-state index contributed by atoms with van der Waals surface area (Å²) in [5.74, 6) is 1.36. The first kappa shape index (κ1) is 20.7. The molecule has 0 saturated carbocycles. The highest BCUT2D eigenvalue weighted by atomic mass is 16.5. The lowest BCUT2D eigenvalue weighted by molar-refractivity contribution is -0.134. The molecule has 0 radical (unpaired) electrons. The molecule has 0 bridgehead atoms. The molecule has 3 aromatic rings. The maximum Gasteiger partial charge on any atom is 0.272 e.